The molecule has 0 amide bonds. The fraction of sp³-hybridized carbons (Fsp3) is 0.625. The third-order valence-electron chi connectivity index (χ3n) is 4.23. The van der Waals surface area contributed by atoms with Crippen LogP contribution < -0.4 is 5.73 Å². The summed E-state index contributed by atoms with van der Waals surface area (Å²) in [4.78, 5) is 2.52. The van der Waals surface area contributed by atoms with Crippen LogP contribution in [0, 0.1) is 5.92 Å². The minimum Gasteiger partial charge on any atom is -0.399 e. The molecule has 1 aromatic carbocycles. The maximum atomic E-state index is 9.58. The minimum absolute atomic E-state index is 0.142. The van der Waals surface area contributed by atoms with Crippen molar-refractivity contribution in [3.05, 3.63) is 29.8 Å². The van der Waals surface area contributed by atoms with Crippen molar-refractivity contribution in [3.8, 4) is 0 Å². The van der Waals surface area contributed by atoms with E-state index >= 15 is 0 Å². The summed E-state index contributed by atoms with van der Waals surface area (Å²) in [7, 11) is 0. The second-order valence-corrected chi connectivity index (χ2v) is 5.76. The molecule has 0 saturated carbocycles. The number of aryl methyl sites for hydroxylation is 1. The first-order valence-corrected chi connectivity index (χ1v) is 7.40. The number of nitrogens with two attached hydrogens (primary N) is 1. The van der Waals surface area contributed by atoms with Crippen molar-refractivity contribution in [2.45, 2.75) is 38.7 Å². The number of hydrogen-bond acceptors (Lipinski definition) is 3. The van der Waals surface area contributed by atoms with Gasteiger partial charge in [0.05, 0.1) is 6.10 Å². The highest BCUT2D eigenvalue weighted by atomic mass is 16.3. The molecule has 0 aliphatic carbocycles. The Kier molecular flexibility index (Phi) is 5.23. The van der Waals surface area contributed by atoms with E-state index in [9.17, 15) is 5.11 Å². The number of nitrogen functional groups attached to an aromatic ring is 1. The van der Waals surface area contributed by atoms with Gasteiger partial charge in [-0.15, -0.1) is 0 Å². The van der Waals surface area contributed by atoms with E-state index in [2.05, 4.69) is 17.0 Å². The summed E-state index contributed by atoms with van der Waals surface area (Å²) in [6, 6.07) is 8.19. The van der Waals surface area contributed by atoms with Gasteiger partial charge in [-0.2, -0.15) is 0 Å². The van der Waals surface area contributed by atoms with Crippen LogP contribution in [-0.4, -0.2) is 35.7 Å². The maximum absolute atomic E-state index is 9.58. The number of rotatable bonds is 5. The van der Waals surface area contributed by atoms with Crippen molar-refractivity contribution in [1.82, 2.24) is 4.90 Å². The number of benzene rings is 1. The second-order valence-electron chi connectivity index (χ2n) is 5.76. The van der Waals surface area contributed by atoms with Gasteiger partial charge >= 0.3 is 0 Å². The molecule has 106 valence electrons. The van der Waals surface area contributed by atoms with E-state index in [1.165, 1.54) is 12.0 Å². The molecule has 3 nitrogen and oxygen atoms in total. The zero-order valence-corrected chi connectivity index (χ0v) is 11.9. The van der Waals surface area contributed by atoms with Gasteiger partial charge < -0.3 is 15.7 Å². The first kappa shape index (κ1) is 14.4. The molecule has 0 bridgehead atoms. The SMILES string of the molecule is CC(O)C1CCN(CCCc2ccc(N)cc2)CC1. The highest BCUT2D eigenvalue weighted by Gasteiger charge is 2.21. The van der Waals surface area contributed by atoms with Gasteiger partial charge in [0.1, 0.15) is 0 Å². The lowest BCUT2D eigenvalue weighted by atomic mass is 9.92. The van der Waals surface area contributed by atoms with Crippen molar-refractivity contribution < 1.29 is 5.11 Å². The van der Waals surface area contributed by atoms with Crippen LogP contribution >= 0.6 is 0 Å². The summed E-state index contributed by atoms with van der Waals surface area (Å²) < 4.78 is 0. The molecule has 1 aliphatic rings. The topological polar surface area (TPSA) is 49.5 Å². The van der Waals surface area contributed by atoms with Crippen LogP contribution in [0.3, 0.4) is 0 Å². The van der Waals surface area contributed by atoms with Crippen LogP contribution in [0.1, 0.15) is 31.7 Å². The molecular weight excluding hydrogens is 236 g/mol. The molecule has 1 fully saturated rings. The van der Waals surface area contributed by atoms with Crippen LogP contribution in [0.5, 0.6) is 0 Å². The lowest BCUT2D eigenvalue weighted by Crippen LogP contribution is -2.37. The Morgan fingerprint density at radius 2 is 1.89 bits per heavy atom. The molecule has 1 aliphatic heterocycles. The van der Waals surface area contributed by atoms with E-state index in [4.69, 9.17) is 5.73 Å². The van der Waals surface area contributed by atoms with Gasteiger partial charge in [-0.05, 0) is 75.9 Å². The second kappa shape index (κ2) is 6.92. The highest BCUT2D eigenvalue weighted by Crippen LogP contribution is 2.20. The van der Waals surface area contributed by atoms with Crippen LogP contribution in [0.15, 0.2) is 24.3 Å². The number of nitrogens with zero attached hydrogens (tertiary/aromatic N) is 1. The number of anilines is 1. The van der Waals surface area contributed by atoms with Gasteiger partial charge in [0.25, 0.3) is 0 Å². The lowest BCUT2D eigenvalue weighted by molar-refractivity contribution is 0.0716. The first-order valence-electron chi connectivity index (χ1n) is 7.40. The van der Waals surface area contributed by atoms with Crippen molar-refractivity contribution >= 4 is 5.69 Å². The zero-order valence-electron chi connectivity index (χ0n) is 11.9. The van der Waals surface area contributed by atoms with Crippen LogP contribution in [0.25, 0.3) is 0 Å². The third kappa shape index (κ3) is 4.51. The van der Waals surface area contributed by atoms with Crippen molar-refractivity contribution in [2.24, 2.45) is 5.92 Å². The minimum atomic E-state index is -0.142. The van der Waals surface area contributed by atoms with Crippen LogP contribution in [-0.2, 0) is 6.42 Å². The average Bonchev–Trinajstić information content (AvgIpc) is 2.41. The van der Waals surface area contributed by atoms with E-state index in [-0.39, 0.29) is 6.10 Å². The summed E-state index contributed by atoms with van der Waals surface area (Å²) in [6.45, 7) is 5.35. The van der Waals surface area contributed by atoms with Crippen molar-refractivity contribution in [3.63, 3.8) is 0 Å². The van der Waals surface area contributed by atoms with Gasteiger partial charge in [-0.25, -0.2) is 0 Å². The zero-order chi connectivity index (χ0) is 13.7. The standard InChI is InChI=1S/C16H26N2O/c1-13(19)15-8-11-18(12-9-15)10-2-3-14-4-6-16(17)7-5-14/h4-7,13,15,19H,2-3,8-12,17H2,1H3. The number of likely N-dealkylation sites (tertiary alicyclic amines) is 1. The van der Waals surface area contributed by atoms with Crippen molar-refractivity contribution in [1.29, 1.82) is 0 Å². The highest BCUT2D eigenvalue weighted by molar-refractivity contribution is 5.39. The fourth-order valence-corrected chi connectivity index (χ4v) is 2.85. The molecule has 0 aromatic heterocycles. The summed E-state index contributed by atoms with van der Waals surface area (Å²) in [5.41, 5.74) is 7.89. The molecule has 0 radical (unpaired) electrons. The predicted octanol–water partition coefficient (Wildman–Crippen LogP) is 2.29. The Hall–Kier alpha value is -1.06. The largest absolute Gasteiger partial charge is 0.399 e. The Morgan fingerprint density at radius 1 is 1.26 bits per heavy atom. The monoisotopic (exact) mass is 262 g/mol. The number of aliphatic hydroxyl groups is 1. The van der Waals surface area contributed by atoms with Gasteiger partial charge in [0.15, 0.2) is 0 Å². The molecule has 1 heterocycles. The van der Waals surface area contributed by atoms with Crippen LogP contribution in [0.4, 0.5) is 5.69 Å². The van der Waals surface area contributed by atoms with Gasteiger partial charge in [0.2, 0.25) is 0 Å². The van der Waals surface area contributed by atoms with E-state index in [1.54, 1.807) is 0 Å². The van der Waals surface area contributed by atoms with Gasteiger partial charge in [-0.1, -0.05) is 12.1 Å². The van der Waals surface area contributed by atoms with Gasteiger partial charge in [0, 0.05) is 5.69 Å². The van der Waals surface area contributed by atoms with Crippen molar-refractivity contribution in [2.75, 3.05) is 25.4 Å². The molecule has 1 atom stereocenters. The summed E-state index contributed by atoms with van der Waals surface area (Å²) >= 11 is 0. The van der Waals surface area contributed by atoms with Gasteiger partial charge in [-0.3, -0.25) is 0 Å². The summed E-state index contributed by atoms with van der Waals surface area (Å²) in [5.74, 6) is 0.508. The molecule has 19 heavy (non-hydrogen) atoms. The molecule has 3 N–H and O–H groups in total. The Bertz CT molecular complexity index is 367. The van der Waals surface area contributed by atoms with Crippen LogP contribution in [0.2, 0.25) is 0 Å². The Morgan fingerprint density at radius 3 is 2.47 bits per heavy atom. The Labute approximate surface area is 116 Å². The average molecular weight is 262 g/mol. The maximum Gasteiger partial charge on any atom is 0.0541 e. The fourth-order valence-electron chi connectivity index (χ4n) is 2.85. The smallest absolute Gasteiger partial charge is 0.0541 e. The molecule has 0 spiro atoms. The summed E-state index contributed by atoms with van der Waals surface area (Å²) in [6.07, 6.45) is 4.45. The number of aliphatic hydroxyl groups excluding tert-OH is 1. The Balaban J connectivity index is 1.65. The molecule has 2 rings (SSSR count). The molecule has 1 unspecified atom stereocenters. The molecule has 1 saturated heterocycles. The van der Waals surface area contributed by atoms with E-state index in [1.807, 2.05) is 19.1 Å². The first-order chi connectivity index (χ1) is 9.15. The van der Waals surface area contributed by atoms with E-state index in [0.717, 1.165) is 44.6 Å². The normalized spacial score (nSPS) is 19.5. The number of hydrogen-bond donors (Lipinski definition) is 2. The molecular formula is C16H26N2O. The lowest BCUT2D eigenvalue weighted by Gasteiger charge is -2.33. The quantitative estimate of drug-likeness (QED) is 0.801. The molecule has 1 aromatic rings. The van der Waals surface area contributed by atoms with E-state index < -0.39 is 0 Å². The predicted molar refractivity (Wildman–Crippen MR) is 80.0 cm³/mol. The summed E-state index contributed by atoms with van der Waals surface area (Å²) in [5, 5.41) is 9.58. The number of piperidine rings is 1. The third-order valence-corrected chi connectivity index (χ3v) is 4.23. The van der Waals surface area contributed by atoms with E-state index in [0.29, 0.717) is 5.92 Å². The molecule has 3 heteroatoms.